The number of pyridine rings is 1. The normalized spacial score (nSPS) is 12.6. The van der Waals surface area contributed by atoms with E-state index in [9.17, 15) is 0 Å². The number of rotatable bonds is 8. The van der Waals surface area contributed by atoms with Crippen LogP contribution in [0.1, 0.15) is 30.7 Å². The zero-order chi connectivity index (χ0) is 15.1. The highest BCUT2D eigenvalue weighted by atomic mass is 32.1. The summed E-state index contributed by atoms with van der Waals surface area (Å²) in [6.07, 6.45) is 4.12. The van der Waals surface area contributed by atoms with Gasteiger partial charge in [-0.25, -0.2) is 4.98 Å². The van der Waals surface area contributed by atoms with Crippen LogP contribution >= 0.6 is 11.3 Å². The molecule has 1 atom stereocenters. The zero-order valence-electron chi connectivity index (χ0n) is 13.2. The second-order valence-corrected chi connectivity index (χ2v) is 6.56. The molecule has 0 saturated heterocycles. The van der Waals surface area contributed by atoms with Crippen LogP contribution < -0.4 is 5.32 Å². The van der Waals surface area contributed by atoms with E-state index in [1.54, 1.807) is 0 Å². The van der Waals surface area contributed by atoms with Crippen molar-refractivity contribution < 1.29 is 0 Å². The fraction of sp³-hybridized carbons (Fsp3) is 0.471. The largest absolute Gasteiger partial charge is 0.370 e. The van der Waals surface area contributed by atoms with E-state index in [1.807, 2.05) is 17.5 Å². The maximum Gasteiger partial charge on any atom is 0.126 e. The Morgan fingerprint density at radius 3 is 2.95 bits per heavy atom. The van der Waals surface area contributed by atoms with Crippen molar-refractivity contribution in [3.63, 3.8) is 0 Å². The van der Waals surface area contributed by atoms with Gasteiger partial charge in [-0.3, -0.25) is 4.90 Å². The predicted octanol–water partition coefficient (Wildman–Crippen LogP) is 4.03. The molecule has 0 saturated carbocycles. The molecule has 0 aliphatic carbocycles. The van der Waals surface area contributed by atoms with E-state index in [0.29, 0.717) is 6.04 Å². The molecule has 0 bridgehead atoms. The van der Waals surface area contributed by atoms with Gasteiger partial charge in [0, 0.05) is 30.2 Å². The van der Waals surface area contributed by atoms with Crippen LogP contribution in [0.25, 0.3) is 0 Å². The number of nitrogens with zero attached hydrogens (tertiary/aromatic N) is 2. The smallest absolute Gasteiger partial charge is 0.126 e. The van der Waals surface area contributed by atoms with Crippen molar-refractivity contribution in [1.82, 2.24) is 9.88 Å². The summed E-state index contributed by atoms with van der Waals surface area (Å²) in [5.74, 6) is 0.980. The molecule has 0 radical (unpaired) electrons. The van der Waals surface area contributed by atoms with E-state index in [4.69, 9.17) is 0 Å². The van der Waals surface area contributed by atoms with Crippen molar-refractivity contribution >= 4 is 17.2 Å². The zero-order valence-corrected chi connectivity index (χ0v) is 14.0. The molecular formula is C17H25N3S. The topological polar surface area (TPSA) is 28.2 Å². The van der Waals surface area contributed by atoms with Crippen LogP contribution in [0.15, 0.2) is 35.8 Å². The van der Waals surface area contributed by atoms with Crippen LogP contribution in [0.5, 0.6) is 0 Å². The Bertz CT molecular complexity index is 525. The van der Waals surface area contributed by atoms with Gasteiger partial charge in [0.1, 0.15) is 5.82 Å². The summed E-state index contributed by atoms with van der Waals surface area (Å²) in [4.78, 5) is 8.22. The van der Waals surface area contributed by atoms with Crippen molar-refractivity contribution in [2.24, 2.45) is 0 Å². The first-order valence-corrected chi connectivity index (χ1v) is 8.48. The second kappa shape index (κ2) is 8.15. The Kier molecular flexibility index (Phi) is 6.21. The summed E-state index contributed by atoms with van der Waals surface area (Å²) in [5.41, 5.74) is 1.31. The Morgan fingerprint density at radius 2 is 2.24 bits per heavy atom. The molecule has 0 amide bonds. The first-order chi connectivity index (χ1) is 10.2. The number of hydrogen-bond acceptors (Lipinski definition) is 4. The molecule has 0 aromatic carbocycles. The Balaban J connectivity index is 1.90. The maximum absolute atomic E-state index is 4.36. The molecule has 1 unspecified atom stereocenters. The van der Waals surface area contributed by atoms with Crippen molar-refractivity contribution in [3.05, 3.63) is 46.3 Å². The number of hydrogen-bond donors (Lipinski definition) is 1. The van der Waals surface area contributed by atoms with Crippen molar-refractivity contribution in [1.29, 1.82) is 0 Å². The van der Waals surface area contributed by atoms with Gasteiger partial charge in [0.2, 0.25) is 0 Å². The minimum absolute atomic E-state index is 0.531. The minimum atomic E-state index is 0.531. The molecule has 1 N–H and O–H groups in total. The molecule has 2 rings (SSSR count). The molecule has 3 nitrogen and oxygen atoms in total. The molecular weight excluding hydrogens is 278 g/mol. The Hall–Kier alpha value is -1.39. The summed E-state index contributed by atoms with van der Waals surface area (Å²) < 4.78 is 0. The van der Waals surface area contributed by atoms with E-state index in [2.05, 4.69) is 65.7 Å². The fourth-order valence-electron chi connectivity index (χ4n) is 2.24. The van der Waals surface area contributed by atoms with Crippen LogP contribution in [-0.2, 0) is 13.0 Å². The number of likely N-dealkylation sites (N-methyl/N-ethyl adjacent to an activating group) is 1. The third-order valence-electron chi connectivity index (χ3n) is 3.64. The fourth-order valence-corrected chi connectivity index (χ4v) is 3.07. The van der Waals surface area contributed by atoms with Gasteiger partial charge in [-0.2, -0.15) is 0 Å². The predicted molar refractivity (Wildman–Crippen MR) is 92.0 cm³/mol. The van der Waals surface area contributed by atoms with E-state index in [1.165, 1.54) is 10.4 Å². The first-order valence-electron chi connectivity index (χ1n) is 7.60. The quantitative estimate of drug-likeness (QED) is 0.798. The van der Waals surface area contributed by atoms with Crippen LogP contribution in [-0.4, -0.2) is 29.5 Å². The van der Waals surface area contributed by atoms with Crippen LogP contribution in [0.4, 0.5) is 5.82 Å². The van der Waals surface area contributed by atoms with Gasteiger partial charge >= 0.3 is 0 Å². The number of nitrogens with one attached hydrogen (secondary N) is 1. The lowest BCUT2D eigenvalue weighted by atomic mass is 10.1. The molecule has 114 valence electrons. The van der Waals surface area contributed by atoms with Gasteiger partial charge in [-0.1, -0.05) is 13.0 Å². The van der Waals surface area contributed by atoms with Crippen LogP contribution in [0.3, 0.4) is 0 Å². The van der Waals surface area contributed by atoms with Gasteiger partial charge in [0.15, 0.2) is 0 Å². The number of thiophene rings is 1. The average Bonchev–Trinajstić information content (AvgIpc) is 2.98. The molecule has 21 heavy (non-hydrogen) atoms. The molecule has 0 fully saturated rings. The highest BCUT2D eigenvalue weighted by Gasteiger charge is 2.11. The first kappa shape index (κ1) is 16.0. The van der Waals surface area contributed by atoms with Crippen molar-refractivity contribution in [2.45, 2.75) is 39.3 Å². The lowest BCUT2D eigenvalue weighted by Gasteiger charge is -2.24. The summed E-state index contributed by atoms with van der Waals surface area (Å²) in [7, 11) is 2.19. The SMILES string of the molecule is CCCNc1cc(CN(C)C(C)Cc2cccs2)ccn1. The Morgan fingerprint density at radius 1 is 1.38 bits per heavy atom. The van der Waals surface area contributed by atoms with Gasteiger partial charge in [0.05, 0.1) is 0 Å². The van der Waals surface area contributed by atoms with Gasteiger partial charge in [0.25, 0.3) is 0 Å². The second-order valence-electron chi connectivity index (χ2n) is 5.52. The number of anilines is 1. The van der Waals surface area contributed by atoms with E-state index < -0.39 is 0 Å². The highest BCUT2D eigenvalue weighted by Crippen LogP contribution is 2.16. The highest BCUT2D eigenvalue weighted by molar-refractivity contribution is 7.09. The van der Waals surface area contributed by atoms with Gasteiger partial charge in [-0.05, 0) is 56.0 Å². The van der Waals surface area contributed by atoms with E-state index in [-0.39, 0.29) is 0 Å². The van der Waals surface area contributed by atoms with Crippen molar-refractivity contribution in [2.75, 3.05) is 18.9 Å². The summed E-state index contributed by atoms with van der Waals surface area (Å²) in [6.45, 7) is 6.38. The molecule has 2 aromatic heterocycles. The summed E-state index contributed by atoms with van der Waals surface area (Å²) in [6, 6.07) is 9.13. The summed E-state index contributed by atoms with van der Waals surface area (Å²) in [5, 5.41) is 5.49. The van der Waals surface area contributed by atoms with E-state index >= 15 is 0 Å². The standard InChI is InChI=1S/C17H25N3S/c1-4-8-18-17-12-15(7-9-19-17)13-20(3)14(2)11-16-6-5-10-21-16/h5-7,9-10,12,14H,4,8,11,13H2,1-3H3,(H,18,19). The Labute approximate surface area is 132 Å². The molecule has 4 heteroatoms. The minimum Gasteiger partial charge on any atom is -0.370 e. The average molecular weight is 303 g/mol. The third kappa shape index (κ3) is 5.14. The van der Waals surface area contributed by atoms with E-state index in [0.717, 1.165) is 31.7 Å². The molecule has 2 heterocycles. The molecule has 0 aliphatic rings. The lowest BCUT2D eigenvalue weighted by molar-refractivity contribution is 0.249. The molecule has 2 aromatic rings. The molecule has 0 aliphatic heterocycles. The third-order valence-corrected chi connectivity index (χ3v) is 4.54. The monoisotopic (exact) mass is 303 g/mol. The number of aromatic nitrogens is 1. The van der Waals surface area contributed by atoms with Gasteiger partial charge < -0.3 is 5.32 Å². The summed E-state index contributed by atoms with van der Waals surface area (Å²) >= 11 is 1.84. The van der Waals surface area contributed by atoms with Crippen LogP contribution in [0, 0.1) is 0 Å². The van der Waals surface area contributed by atoms with Gasteiger partial charge in [-0.15, -0.1) is 11.3 Å². The van der Waals surface area contributed by atoms with Crippen molar-refractivity contribution in [3.8, 4) is 0 Å². The maximum atomic E-state index is 4.36. The lowest BCUT2D eigenvalue weighted by Crippen LogP contribution is -2.30. The van der Waals surface area contributed by atoms with Crippen LogP contribution in [0.2, 0.25) is 0 Å². The molecule has 0 spiro atoms.